The Morgan fingerprint density at radius 3 is 2.71 bits per heavy atom. The van der Waals surface area contributed by atoms with Gasteiger partial charge in [0.05, 0.1) is 0 Å². The highest BCUT2D eigenvalue weighted by molar-refractivity contribution is 5.62. The summed E-state index contributed by atoms with van der Waals surface area (Å²) in [4.78, 5) is 10.5. The summed E-state index contributed by atoms with van der Waals surface area (Å²) in [5.41, 5.74) is 2.12. The molecular weight excluding hydrogens is 216 g/mol. The molecule has 0 saturated carbocycles. The van der Waals surface area contributed by atoms with E-state index in [1.165, 1.54) is 24.8 Å². The van der Waals surface area contributed by atoms with Gasteiger partial charge in [-0.25, -0.2) is 4.79 Å². The highest BCUT2D eigenvalue weighted by Gasteiger charge is 2.07. The molecule has 0 unspecified atom stereocenters. The zero-order valence-electron chi connectivity index (χ0n) is 10.5. The van der Waals surface area contributed by atoms with Crippen LogP contribution in [0.2, 0.25) is 0 Å². The van der Waals surface area contributed by atoms with Crippen molar-refractivity contribution in [2.24, 2.45) is 0 Å². The molecule has 3 heteroatoms. The first kappa shape index (κ1) is 13.6. The lowest BCUT2D eigenvalue weighted by Gasteiger charge is -2.09. The summed E-state index contributed by atoms with van der Waals surface area (Å²) in [5, 5.41) is 8.61. The Morgan fingerprint density at radius 1 is 1.29 bits per heavy atom. The summed E-state index contributed by atoms with van der Waals surface area (Å²) < 4.78 is 4.73. The maximum absolute atomic E-state index is 10.5. The molecule has 1 N–H and O–H groups in total. The fourth-order valence-electron chi connectivity index (χ4n) is 1.88. The topological polar surface area (TPSA) is 46.5 Å². The summed E-state index contributed by atoms with van der Waals surface area (Å²) >= 11 is 0. The predicted molar refractivity (Wildman–Crippen MR) is 67.7 cm³/mol. The van der Waals surface area contributed by atoms with E-state index in [1.807, 2.05) is 19.1 Å². The van der Waals surface area contributed by atoms with Gasteiger partial charge in [-0.3, -0.25) is 0 Å². The van der Waals surface area contributed by atoms with Crippen molar-refractivity contribution in [2.75, 3.05) is 0 Å². The number of benzene rings is 1. The lowest BCUT2D eigenvalue weighted by atomic mass is 10.0. The largest absolute Gasteiger partial charge is 0.511 e. The van der Waals surface area contributed by atoms with Crippen molar-refractivity contribution in [3.63, 3.8) is 0 Å². The second-order valence-electron chi connectivity index (χ2n) is 4.22. The molecule has 3 nitrogen and oxygen atoms in total. The van der Waals surface area contributed by atoms with Gasteiger partial charge in [0.1, 0.15) is 5.75 Å². The molecule has 0 heterocycles. The van der Waals surface area contributed by atoms with Gasteiger partial charge in [-0.05, 0) is 37.0 Å². The molecule has 0 amide bonds. The number of hydrogen-bond donors (Lipinski definition) is 1. The van der Waals surface area contributed by atoms with E-state index >= 15 is 0 Å². The summed E-state index contributed by atoms with van der Waals surface area (Å²) in [5.74, 6) is 0.450. The van der Waals surface area contributed by atoms with Crippen LogP contribution in [0.15, 0.2) is 18.2 Å². The van der Waals surface area contributed by atoms with E-state index in [2.05, 4.69) is 6.92 Å². The zero-order valence-corrected chi connectivity index (χ0v) is 10.5. The molecule has 1 aromatic rings. The number of ether oxygens (including phenoxy) is 1. The van der Waals surface area contributed by atoms with E-state index in [-0.39, 0.29) is 0 Å². The Balaban J connectivity index is 2.63. The van der Waals surface area contributed by atoms with Crippen molar-refractivity contribution < 1.29 is 14.6 Å². The number of aryl methyl sites for hydroxylation is 1. The fourth-order valence-corrected chi connectivity index (χ4v) is 1.88. The van der Waals surface area contributed by atoms with Crippen molar-refractivity contribution in [2.45, 2.75) is 46.0 Å². The van der Waals surface area contributed by atoms with Crippen LogP contribution in [0.3, 0.4) is 0 Å². The maximum Gasteiger partial charge on any atom is 0.511 e. The number of rotatable bonds is 6. The first-order valence-electron chi connectivity index (χ1n) is 6.14. The minimum atomic E-state index is -1.25. The van der Waals surface area contributed by atoms with E-state index in [1.54, 1.807) is 6.07 Å². The molecule has 0 bridgehead atoms. The second kappa shape index (κ2) is 6.94. The van der Waals surface area contributed by atoms with Gasteiger partial charge in [-0.1, -0.05) is 38.3 Å². The Morgan fingerprint density at radius 2 is 2.06 bits per heavy atom. The van der Waals surface area contributed by atoms with Gasteiger partial charge in [0.15, 0.2) is 0 Å². The van der Waals surface area contributed by atoms with Gasteiger partial charge in [0, 0.05) is 0 Å². The van der Waals surface area contributed by atoms with Crippen molar-refractivity contribution in [1.29, 1.82) is 0 Å². The van der Waals surface area contributed by atoms with Gasteiger partial charge < -0.3 is 9.84 Å². The monoisotopic (exact) mass is 236 g/mol. The Kier molecular flexibility index (Phi) is 5.53. The quantitative estimate of drug-likeness (QED) is 0.458. The normalized spacial score (nSPS) is 10.2. The lowest BCUT2D eigenvalue weighted by molar-refractivity contribution is 0.144. The van der Waals surface area contributed by atoms with Crippen molar-refractivity contribution in [3.05, 3.63) is 29.3 Å². The molecule has 1 aromatic carbocycles. The molecule has 0 fully saturated rings. The minimum Gasteiger partial charge on any atom is -0.449 e. The minimum absolute atomic E-state index is 0.450. The summed E-state index contributed by atoms with van der Waals surface area (Å²) in [6, 6.07) is 5.58. The number of carbonyl (C=O) groups is 1. The van der Waals surface area contributed by atoms with E-state index in [0.29, 0.717) is 5.75 Å². The molecule has 0 aliphatic carbocycles. The van der Waals surface area contributed by atoms with Crippen LogP contribution < -0.4 is 4.74 Å². The zero-order chi connectivity index (χ0) is 12.7. The molecule has 94 valence electrons. The smallest absolute Gasteiger partial charge is 0.449 e. The van der Waals surface area contributed by atoms with E-state index in [4.69, 9.17) is 9.84 Å². The van der Waals surface area contributed by atoms with Crippen molar-refractivity contribution >= 4 is 6.16 Å². The molecule has 0 aromatic heterocycles. The number of hydrogen-bond acceptors (Lipinski definition) is 2. The average molecular weight is 236 g/mol. The lowest BCUT2D eigenvalue weighted by Crippen LogP contribution is -2.05. The van der Waals surface area contributed by atoms with Gasteiger partial charge in [0.2, 0.25) is 0 Å². The van der Waals surface area contributed by atoms with Crippen LogP contribution in [-0.4, -0.2) is 11.3 Å². The van der Waals surface area contributed by atoms with E-state index in [9.17, 15) is 4.79 Å². The van der Waals surface area contributed by atoms with Crippen molar-refractivity contribution in [3.8, 4) is 5.75 Å². The Hall–Kier alpha value is -1.51. The molecule has 0 atom stereocenters. The van der Waals surface area contributed by atoms with Crippen LogP contribution in [-0.2, 0) is 6.42 Å². The second-order valence-corrected chi connectivity index (χ2v) is 4.22. The Bertz CT molecular complexity index is 372. The molecule has 0 aliphatic rings. The standard InChI is InChI=1S/C14H20O3/c1-3-4-5-6-8-12-9-7-10-13(11(12)2)17-14(15)16/h7,9-10H,3-6,8H2,1-2H3,(H,15,16). The van der Waals surface area contributed by atoms with E-state index < -0.39 is 6.16 Å². The number of unbranched alkanes of at least 4 members (excludes halogenated alkanes) is 3. The highest BCUT2D eigenvalue weighted by Crippen LogP contribution is 2.23. The van der Waals surface area contributed by atoms with Crippen LogP contribution in [0.1, 0.15) is 43.7 Å². The SMILES string of the molecule is CCCCCCc1cccc(OC(=O)O)c1C. The average Bonchev–Trinajstić information content (AvgIpc) is 2.28. The van der Waals surface area contributed by atoms with Crippen LogP contribution in [0.5, 0.6) is 5.75 Å². The van der Waals surface area contributed by atoms with Crippen LogP contribution >= 0.6 is 0 Å². The third-order valence-corrected chi connectivity index (χ3v) is 2.89. The molecule has 0 spiro atoms. The van der Waals surface area contributed by atoms with Crippen LogP contribution in [0, 0.1) is 6.92 Å². The fraction of sp³-hybridized carbons (Fsp3) is 0.500. The van der Waals surface area contributed by atoms with Gasteiger partial charge in [-0.2, -0.15) is 0 Å². The third kappa shape index (κ3) is 4.47. The van der Waals surface area contributed by atoms with Crippen LogP contribution in [0.4, 0.5) is 4.79 Å². The highest BCUT2D eigenvalue weighted by atomic mass is 16.7. The first-order valence-corrected chi connectivity index (χ1v) is 6.14. The van der Waals surface area contributed by atoms with Crippen LogP contribution in [0.25, 0.3) is 0 Å². The van der Waals surface area contributed by atoms with Crippen molar-refractivity contribution in [1.82, 2.24) is 0 Å². The molecule has 0 aliphatic heterocycles. The van der Waals surface area contributed by atoms with Gasteiger partial charge in [0.25, 0.3) is 0 Å². The third-order valence-electron chi connectivity index (χ3n) is 2.89. The molecule has 0 radical (unpaired) electrons. The number of carboxylic acid groups (broad SMARTS) is 1. The van der Waals surface area contributed by atoms with Gasteiger partial charge in [-0.15, -0.1) is 0 Å². The summed E-state index contributed by atoms with van der Waals surface area (Å²) in [6.45, 7) is 4.10. The van der Waals surface area contributed by atoms with E-state index in [0.717, 1.165) is 18.4 Å². The Labute approximate surface area is 102 Å². The molecular formula is C14H20O3. The summed E-state index contributed by atoms with van der Waals surface area (Å²) in [6.07, 6.45) is 4.58. The molecule has 0 saturated heterocycles. The predicted octanol–water partition coefficient (Wildman–Crippen LogP) is 4.17. The summed E-state index contributed by atoms with van der Waals surface area (Å²) in [7, 11) is 0. The maximum atomic E-state index is 10.5. The molecule has 17 heavy (non-hydrogen) atoms. The van der Waals surface area contributed by atoms with Gasteiger partial charge >= 0.3 is 6.16 Å². The first-order chi connectivity index (χ1) is 8.15. The molecule has 1 rings (SSSR count).